The molecule has 2 aromatic carbocycles. The van der Waals surface area contributed by atoms with Crippen LogP contribution in [0.5, 0.6) is 0 Å². The van der Waals surface area contributed by atoms with Gasteiger partial charge < -0.3 is 9.55 Å². The van der Waals surface area contributed by atoms with Gasteiger partial charge in [0.2, 0.25) is 0 Å². The van der Waals surface area contributed by atoms with Gasteiger partial charge in [-0.3, -0.25) is 4.79 Å². The number of benzene rings is 2. The van der Waals surface area contributed by atoms with Crippen molar-refractivity contribution in [2.75, 3.05) is 11.5 Å². The van der Waals surface area contributed by atoms with Crippen molar-refractivity contribution in [2.45, 2.75) is 36.1 Å². The highest BCUT2D eigenvalue weighted by Gasteiger charge is 2.34. The Bertz CT molecular complexity index is 1460. The second kappa shape index (κ2) is 9.03. The van der Waals surface area contributed by atoms with Crippen LogP contribution < -0.4 is 0 Å². The maximum absolute atomic E-state index is 13.9. The first kappa shape index (κ1) is 22.9. The number of nitrogens with one attached hydrogen (secondary N) is 1. The number of rotatable bonds is 7. The molecule has 2 aromatic heterocycles. The van der Waals surface area contributed by atoms with Gasteiger partial charge in [0.25, 0.3) is 0 Å². The number of fused-ring (bicyclic) bond motifs is 1. The van der Waals surface area contributed by atoms with Crippen LogP contribution >= 0.6 is 11.8 Å². The first-order chi connectivity index (χ1) is 16.4. The molecule has 4 aromatic rings. The summed E-state index contributed by atoms with van der Waals surface area (Å²) in [6, 6.07) is 15.7. The highest BCUT2D eigenvalue weighted by molar-refractivity contribution is 8.00. The van der Waals surface area contributed by atoms with Gasteiger partial charge in [-0.2, -0.15) is 0 Å². The van der Waals surface area contributed by atoms with Crippen molar-refractivity contribution < 1.29 is 13.2 Å². The van der Waals surface area contributed by atoms with Gasteiger partial charge in [-0.1, -0.05) is 67.2 Å². The smallest absolute Gasteiger partial charge is 0.192 e. The predicted molar refractivity (Wildman–Crippen MR) is 134 cm³/mol. The van der Waals surface area contributed by atoms with E-state index in [4.69, 9.17) is 0 Å². The minimum absolute atomic E-state index is 0.0105. The van der Waals surface area contributed by atoms with E-state index in [-0.39, 0.29) is 23.2 Å². The number of carbonyl (C=O) groups excluding carboxylic acids is 1. The van der Waals surface area contributed by atoms with Crippen molar-refractivity contribution in [1.82, 2.24) is 19.7 Å². The van der Waals surface area contributed by atoms with Crippen LogP contribution in [0, 0.1) is 0 Å². The summed E-state index contributed by atoms with van der Waals surface area (Å²) in [5.74, 6) is 0.758. The Hall–Kier alpha value is -2.91. The lowest BCUT2D eigenvalue weighted by molar-refractivity contribution is 0.0991. The standard InChI is InChI=1S/C25H26N4O3S2/c1-3-16-10-7-11-19-20(14-26-21(16)19)22(30)23(17-8-5-4-6-9-17)33-25-28-27-24(29(25)2)18-12-13-34(31,32)15-18/h4-11,14,18,23,26H,3,12-13,15H2,1-2H3. The Kier molecular flexibility index (Phi) is 6.07. The van der Waals surface area contributed by atoms with Crippen LogP contribution in [0.2, 0.25) is 0 Å². The van der Waals surface area contributed by atoms with Gasteiger partial charge >= 0.3 is 0 Å². The van der Waals surface area contributed by atoms with Gasteiger partial charge in [-0.05, 0) is 24.0 Å². The van der Waals surface area contributed by atoms with Crippen molar-refractivity contribution in [3.8, 4) is 0 Å². The van der Waals surface area contributed by atoms with Gasteiger partial charge in [0, 0.05) is 35.6 Å². The van der Waals surface area contributed by atoms with Crippen molar-refractivity contribution in [2.24, 2.45) is 7.05 Å². The van der Waals surface area contributed by atoms with Crippen LogP contribution in [0.3, 0.4) is 0 Å². The molecule has 0 saturated carbocycles. The van der Waals surface area contributed by atoms with Crippen LogP contribution in [0.4, 0.5) is 0 Å². The third-order valence-corrected chi connectivity index (χ3v) is 9.53. The molecule has 3 heterocycles. The van der Waals surface area contributed by atoms with Crippen LogP contribution in [0.25, 0.3) is 10.9 Å². The van der Waals surface area contributed by atoms with Gasteiger partial charge in [-0.15, -0.1) is 10.2 Å². The summed E-state index contributed by atoms with van der Waals surface area (Å²) in [6.45, 7) is 2.10. The van der Waals surface area contributed by atoms with E-state index in [0.717, 1.165) is 22.9 Å². The number of nitrogens with zero attached hydrogens (tertiary/aromatic N) is 3. The molecule has 5 rings (SSSR count). The van der Waals surface area contributed by atoms with E-state index in [1.165, 1.54) is 17.3 Å². The predicted octanol–water partition coefficient (Wildman–Crippen LogP) is 4.48. The Morgan fingerprint density at radius 3 is 2.68 bits per heavy atom. The highest BCUT2D eigenvalue weighted by Crippen LogP contribution is 2.39. The Morgan fingerprint density at radius 1 is 1.18 bits per heavy atom. The number of aromatic nitrogens is 4. The number of hydrogen-bond donors (Lipinski definition) is 1. The summed E-state index contributed by atoms with van der Waals surface area (Å²) in [4.78, 5) is 17.2. The number of thioether (sulfide) groups is 1. The lowest BCUT2D eigenvalue weighted by Gasteiger charge is -2.16. The third-order valence-electron chi connectivity index (χ3n) is 6.48. The van der Waals surface area contributed by atoms with E-state index in [0.29, 0.717) is 23.0 Å². The Balaban J connectivity index is 1.51. The highest BCUT2D eigenvalue weighted by atomic mass is 32.2. The maximum atomic E-state index is 13.9. The van der Waals surface area contributed by atoms with Crippen LogP contribution in [0.1, 0.15) is 51.8 Å². The lowest BCUT2D eigenvalue weighted by Crippen LogP contribution is -2.12. The fourth-order valence-electron chi connectivity index (χ4n) is 4.65. The largest absolute Gasteiger partial charge is 0.360 e. The van der Waals surface area contributed by atoms with E-state index >= 15 is 0 Å². The van der Waals surface area contributed by atoms with Crippen LogP contribution in [-0.4, -0.2) is 45.5 Å². The van der Waals surface area contributed by atoms with Crippen molar-refractivity contribution >= 4 is 38.3 Å². The fraction of sp³-hybridized carbons (Fsp3) is 0.320. The zero-order valence-corrected chi connectivity index (χ0v) is 20.7. The molecular formula is C25H26N4O3S2. The number of aryl methyl sites for hydroxylation is 1. The molecule has 1 fully saturated rings. The summed E-state index contributed by atoms with van der Waals surface area (Å²) in [7, 11) is -1.19. The molecule has 0 bridgehead atoms. The second-order valence-corrected chi connectivity index (χ2v) is 12.0. The average molecular weight is 495 g/mol. The summed E-state index contributed by atoms with van der Waals surface area (Å²) in [5, 5.41) is 9.65. The summed E-state index contributed by atoms with van der Waals surface area (Å²) in [6.07, 6.45) is 3.23. The van der Waals surface area contributed by atoms with E-state index in [1.807, 2.05) is 54.1 Å². The Labute approximate surface area is 202 Å². The van der Waals surface area contributed by atoms with Crippen LogP contribution in [0.15, 0.2) is 59.9 Å². The molecule has 0 spiro atoms. The molecule has 34 heavy (non-hydrogen) atoms. The number of hydrogen-bond acceptors (Lipinski definition) is 6. The van der Waals surface area contributed by atoms with E-state index in [1.54, 1.807) is 6.20 Å². The monoisotopic (exact) mass is 494 g/mol. The molecule has 0 amide bonds. The number of aromatic amines is 1. The van der Waals surface area contributed by atoms with Crippen LogP contribution in [-0.2, 0) is 23.3 Å². The molecular weight excluding hydrogens is 468 g/mol. The molecule has 2 unspecified atom stereocenters. The number of para-hydroxylation sites is 1. The minimum Gasteiger partial charge on any atom is -0.360 e. The zero-order chi connectivity index (χ0) is 23.9. The summed E-state index contributed by atoms with van der Waals surface area (Å²) < 4.78 is 25.8. The Morgan fingerprint density at radius 2 is 1.97 bits per heavy atom. The molecule has 9 heteroatoms. The van der Waals surface area contributed by atoms with Crippen molar-refractivity contribution in [3.05, 3.63) is 77.2 Å². The molecule has 2 atom stereocenters. The molecule has 1 aliphatic rings. The topological polar surface area (TPSA) is 97.7 Å². The zero-order valence-electron chi connectivity index (χ0n) is 19.1. The lowest BCUT2D eigenvalue weighted by atomic mass is 10.0. The molecule has 1 N–H and O–H groups in total. The van der Waals surface area contributed by atoms with E-state index in [2.05, 4.69) is 28.2 Å². The van der Waals surface area contributed by atoms with Crippen molar-refractivity contribution in [3.63, 3.8) is 0 Å². The van der Waals surface area contributed by atoms with E-state index < -0.39 is 15.1 Å². The summed E-state index contributed by atoms with van der Waals surface area (Å²) in [5.41, 5.74) is 3.70. The number of ketones is 1. The minimum atomic E-state index is -3.03. The molecule has 1 saturated heterocycles. The van der Waals surface area contributed by atoms with Crippen molar-refractivity contribution in [1.29, 1.82) is 0 Å². The number of H-pyrrole nitrogens is 1. The molecule has 7 nitrogen and oxygen atoms in total. The molecule has 1 aliphatic heterocycles. The molecule has 0 radical (unpaired) electrons. The maximum Gasteiger partial charge on any atom is 0.192 e. The fourth-order valence-corrected chi connectivity index (χ4v) is 7.46. The van der Waals surface area contributed by atoms with Gasteiger partial charge in [0.15, 0.2) is 20.8 Å². The number of carbonyl (C=O) groups is 1. The molecule has 0 aliphatic carbocycles. The van der Waals surface area contributed by atoms with Gasteiger partial charge in [0.05, 0.1) is 11.5 Å². The number of sulfone groups is 1. The molecule has 176 valence electrons. The van der Waals surface area contributed by atoms with Gasteiger partial charge in [0.1, 0.15) is 11.1 Å². The average Bonchev–Trinajstić information content (AvgIpc) is 3.54. The van der Waals surface area contributed by atoms with Gasteiger partial charge in [-0.25, -0.2) is 8.42 Å². The first-order valence-corrected chi connectivity index (χ1v) is 14.0. The SMILES string of the molecule is CCc1cccc2c(C(=O)C(Sc3nnc(C4CCS(=O)(=O)C4)n3C)c3ccccc3)c[nH]c12. The summed E-state index contributed by atoms with van der Waals surface area (Å²) >= 11 is 1.35. The normalized spacial score (nSPS) is 18.4. The quantitative estimate of drug-likeness (QED) is 0.301. The number of Topliss-reactive ketones (excluding diaryl/α,β-unsaturated/α-hetero) is 1. The third kappa shape index (κ3) is 4.18. The van der Waals surface area contributed by atoms with E-state index in [9.17, 15) is 13.2 Å². The second-order valence-electron chi connectivity index (χ2n) is 8.67. The first-order valence-electron chi connectivity index (χ1n) is 11.3.